The Morgan fingerprint density at radius 1 is 0.667 bits per heavy atom. The van der Waals surface area contributed by atoms with Gasteiger partial charge < -0.3 is 19.1 Å². The molecular formula is C56H103NO3. The van der Waals surface area contributed by atoms with Gasteiger partial charge in [-0.2, -0.15) is 0 Å². The monoisotopic (exact) mass is 838 g/mol. The summed E-state index contributed by atoms with van der Waals surface area (Å²) in [7, 11) is 4.31. The van der Waals surface area contributed by atoms with Crippen LogP contribution in [0.25, 0.3) is 0 Å². The van der Waals surface area contributed by atoms with Gasteiger partial charge in [-0.25, -0.2) is 0 Å². The highest BCUT2D eigenvalue weighted by Crippen LogP contribution is 2.67. The van der Waals surface area contributed by atoms with Crippen LogP contribution < -0.4 is 0 Å². The van der Waals surface area contributed by atoms with Crippen LogP contribution in [0.3, 0.4) is 0 Å². The van der Waals surface area contributed by atoms with Crippen molar-refractivity contribution in [2.75, 3.05) is 47.1 Å². The molecule has 0 heterocycles. The second-order valence-electron chi connectivity index (χ2n) is 22.1. The molecule has 0 bridgehead atoms. The molecule has 3 saturated carbocycles. The molecule has 0 N–H and O–H groups in total. The first kappa shape index (κ1) is 51.9. The van der Waals surface area contributed by atoms with Crippen molar-refractivity contribution >= 4 is 0 Å². The van der Waals surface area contributed by atoms with Crippen LogP contribution in [0.15, 0.2) is 23.8 Å². The maximum atomic E-state index is 6.59. The molecule has 0 aromatic rings. The number of rotatable bonds is 34. The van der Waals surface area contributed by atoms with Crippen LogP contribution in [0, 0.1) is 46.3 Å². The van der Waals surface area contributed by atoms with E-state index in [2.05, 4.69) is 78.8 Å². The lowest BCUT2D eigenvalue weighted by atomic mass is 9.47. The number of nitrogens with zero attached hydrogens (tertiary/aromatic N) is 1. The number of hydrogen-bond donors (Lipinski definition) is 0. The van der Waals surface area contributed by atoms with Gasteiger partial charge in [0.15, 0.2) is 0 Å². The molecule has 3 fully saturated rings. The topological polar surface area (TPSA) is 30.9 Å². The molecule has 0 amide bonds. The molecule has 60 heavy (non-hydrogen) atoms. The fourth-order valence-corrected chi connectivity index (χ4v) is 12.9. The Morgan fingerprint density at radius 2 is 1.27 bits per heavy atom. The van der Waals surface area contributed by atoms with E-state index in [-0.39, 0.29) is 0 Å². The standard InChI is InChI=1S/C56H103NO3/c1-9-10-11-12-13-14-15-16-17-18-19-20-21-22-23-26-40-58-44-49(57(7)8)45-59-41-27-24-25-28-42-60-50-36-38-55(5)48(43-50)32-33-51-53-35-34-52(47(4)31-29-30-46(2)3)56(53,6)39-37-54(51)55/h16-17,32,46-47,49-54H,9-15,18-31,33-45H2,1-8H3/b17-16-/t47-,49-,50?,51+,52-,53+,54+,55+,56-/m1/s1. The van der Waals surface area contributed by atoms with Crippen LogP contribution in [-0.4, -0.2) is 64.2 Å². The summed E-state index contributed by atoms with van der Waals surface area (Å²) >= 11 is 0. The molecule has 4 aliphatic carbocycles. The summed E-state index contributed by atoms with van der Waals surface area (Å²) in [5, 5.41) is 0. The van der Waals surface area contributed by atoms with E-state index in [1.807, 2.05) is 0 Å². The van der Waals surface area contributed by atoms with Gasteiger partial charge in [0.2, 0.25) is 0 Å². The summed E-state index contributed by atoms with van der Waals surface area (Å²) in [5.74, 6) is 5.48. The first-order valence-electron chi connectivity index (χ1n) is 26.9. The lowest BCUT2D eigenvalue weighted by Crippen LogP contribution is -2.51. The molecule has 4 heteroatoms. The van der Waals surface area contributed by atoms with E-state index < -0.39 is 0 Å². The third-order valence-corrected chi connectivity index (χ3v) is 16.9. The molecule has 350 valence electrons. The summed E-state index contributed by atoms with van der Waals surface area (Å²) in [4.78, 5) is 2.26. The Labute approximate surface area is 375 Å². The Balaban J connectivity index is 0.976. The van der Waals surface area contributed by atoms with Crippen molar-refractivity contribution in [3.8, 4) is 0 Å². The summed E-state index contributed by atoms with van der Waals surface area (Å²) in [6.45, 7) is 19.3. The fourth-order valence-electron chi connectivity index (χ4n) is 12.9. The second-order valence-corrected chi connectivity index (χ2v) is 22.1. The molecule has 0 aliphatic heterocycles. The average molecular weight is 838 g/mol. The van der Waals surface area contributed by atoms with E-state index in [9.17, 15) is 0 Å². The maximum absolute atomic E-state index is 6.59. The number of allylic oxidation sites excluding steroid dienone is 3. The molecule has 4 rings (SSSR count). The van der Waals surface area contributed by atoms with Crippen LogP contribution in [0.2, 0.25) is 0 Å². The van der Waals surface area contributed by atoms with Gasteiger partial charge in [-0.1, -0.05) is 155 Å². The number of fused-ring (bicyclic) bond motifs is 5. The SMILES string of the molecule is CCCCCCCC/C=C\CCCCCCCCOC[C@H](COCCCCCCOC1CC[C@@]2(C)C(=CC[C@H]3[C@@H]4CC[C@H]([C@H](C)CCCC(C)C)[C@@]4(C)CC[C@@H]32)C1)N(C)C. The van der Waals surface area contributed by atoms with Crippen LogP contribution in [0.1, 0.15) is 228 Å². The lowest BCUT2D eigenvalue weighted by Gasteiger charge is -2.58. The average Bonchev–Trinajstić information content (AvgIpc) is 3.59. The van der Waals surface area contributed by atoms with Crippen LogP contribution in [0.4, 0.5) is 0 Å². The Kier molecular flexibility index (Phi) is 25.1. The fraction of sp³-hybridized carbons (Fsp3) is 0.929. The Morgan fingerprint density at radius 3 is 1.88 bits per heavy atom. The number of hydrogen-bond acceptors (Lipinski definition) is 4. The van der Waals surface area contributed by atoms with Gasteiger partial charge >= 0.3 is 0 Å². The highest BCUT2D eigenvalue weighted by atomic mass is 16.5. The minimum Gasteiger partial charge on any atom is -0.380 e. The van der Waals surface area contributed by atoms with Gasteiger partial charge in [-0.3, -0.25) is 0 Å². The van der Waals surface area contributed by atoms with E-state index in [1.165, 1.54) is 180 Å². The highest BCUT2D eigenvalue weighted by Gasteiger charge is 2.59. The summed E-state index contributed by atoms with van der Waals surface area (Å²) < 4.78 is 18.8. The van der Waals surface area contributed by atoms with Crippen molar-refractivity contribution in [2.24, 2.45) is 46.3 Å². The molecule has 0 spiro atoms. The summed E-state index contributed by atoms with van der Waals surface area (Å²) in [5.41, 5.74) is 2.78. The number of unbranched alkanes of at least 4 members (excludes halogenated alkanes) is 15. The first-order valence-corrected chi connectivity index (χ1v) is 26.9. The van der Waals surface area contributed by atoms with E-state index in [1.54, 1.807) is 5.57 Å². The molecule has 9 atom stereocenters. The van der Waals surface area contributed by atoms with Crippen molar-refractivity contribution in [3.63, 3.8) is 0 Å². The van der Waals surface area contributed by atoms with Gasteiger partial charge in [0.1, 0.15) is 0 Å². The van der Waals surface area contributed by atoms with Crippen LogP contribution in [0.5, 0.6) is 0 Å². The van der Waals surface area contributed by atoms with Crippen molar-refractivity contribution < 1.29 is 14.2 Å². The minimum absolute atomic E-state index is 0.335. The van der Waals surface area contributed by atoms with Crippen molar-refractivity contribution in [1.82, 2.24) is 4.90 Å². The third kappa shape index (κ3) is 17.0. The van der Waals surface area contributed by atoms with Gasteiger partial charge in [0.05, 0.1) is 25.4 Å². The summed E-state index contributed by atoms with van der Waals surface area (Å²) in [6.07, 6.45) is 47.0. The van der Waals surface area contributed by atoms with Gasteiger partial charge in [0, 0.05) is 19.8 Å². The molecule has 1 unspecified atom stereocenters. The third-order valence-electron chi connectivity index (χ3n) is 16.9. The zero-order valence-electron chi connectivity index (χ0n) is 41.6. The highest BCUT2D eigenvalue weighted by molar-refractivity contribution is 5.25. The zero-order valence-corrected chi connectivity index (χ0v) is 41.6. The maximum Gasteiger partial charge on any atom is 0.0644 e. The van der Waals surface area contributed by atoms with Crippen LogP contribution >= 0.6 is 0 Å². The zero-order chi connectivity index (χ0) is 43.1. The van der Waals surface area contributed by atoms with E-state index in [0.29, 0.717) is 23.0 Å². The molecule has 4 nitrogen and oxygen atoms in total. The number of ether oxygens (including phenoxy) is 3. The molecule has 0 aromatic carbocycles. The predicted molar refractivity (Wildman–Crippen MR) is 260 cm³/mol. The quantitative estimate of drug-likeness (QED) is 0.0477. The normalized spacial score (nSPS) is 28.9. The smallest absolute Gasteiger partial charge is 0.0644 e. The minimum atomic E-state index is 0.335. The lowest BCUT2D eigenvalue weighted by molar-refractivity contribution is -0.0641. The predicted octanol–water partition coefficient (Wildman–Crippen LogP) is 16.0. The van der Waals surface area contributed by atoms with Gasteiger partial charge in [0.25, 0.3) is 0 Å². The van der Waals surface area contributed by atoms with Gasteiger partial charge in [-0.15, -0.1) is 0 Å². The van der Waals surface area contributed by atoms with Gasteiger partial charge in [-0.05, 0) is 157 Å². The van der Waals surface area contributed by atoms with Crippen molar-refractivity contribution in [1.29, 1.82) is 0 Å². The first-order chi connectivity index (χ1) is 29.1. The Hall–Kier alpha value is -0.680. The molecule has 0 saturated heterocycles. The molecule has 4 aliphatic rings. The largest absolute Gasteiger partial charge is 0.380 e. The van der Waals surface area contributed by atoms with Crippen molar-refractivity contribution in [2.45, 2.75) is 240 Å². The van der Waals surface area contributed by atoms with E-state index in [4.69, 9.17) is 14.2 Å². The van der Waals surface area contributed by atoms with Crippen molar-refractivity contribution in [3.05, 3.63) is 23.8 Å². The number of likely N-dealkylation sites (N-methyl/N-ethyl adjacent to an activating group) is 1. The molecule has 0 aromatic heterocycles. The summed E-state index contributed by atoms with van der Waals surface area (Å²) in [6, 6.07) is 0.335. The van der Waals surface area contributed by atoms with E-state index in [0.717, 1.165) is 75.0 Å². The Bertz CT molecular complexity index is 1160. The van der Waals surface area contributed by atoms with Crippen LogP contribution in [-0.2, 0) is 14.2 Å². The molecular weight excluding hydrogens is 735 g/mol. The molecule has 0 radical (unpaired) electrons. The second kappa shape index (κ2) is 29.0. The van der Waals surface area contributed by atoms with E-state index >= 15 is 0 Å².